The van der Waals surface area contributed by atoms with Crippen molar-refractivity contribution in [2.45, 2.75) is 20.4 Å². The first kappa shape index (κ1) is 15.0. The number of halogens is 1. The minimum Gasteiger partial charge on any atom is -0.441 e. The number of aryl methyl sites for hydroxylation is 2. The van der Waals surface area contributed by atoms with Crippen LogP contribution in [0.25, 0.3) is 22.4 Å². The molecule has 0 atom stereocenters. The molecule has 0 aliphatic carbocycles. The van der Waals surface area contributed by atoms with Gasteiger partial charge in [-0.25, -0.2) is 4.98 Å². The summed E-state index contributed by atoms with van der Waals surface area (Å²) >= 11 is 6.07. The van der Waals surface area contributed by atoms with Crippen molar-refractivity contribution in [2.75, 3.05) is 0 Å². The van der Waals surface area contributed by atoms with E-state index in [-0.39, 0.29) is 0 Å². The van der Waals surface area contributed by atoms with Gasteiger partial charge in [-0.1, -0.05) is 35.9 Å². The average molecular weight is 337 g/mol. The van der Waals surface area contributed by atoms with Gasteiger partial charge < -0.3 is 8.98 Å². The maximum Gasteiger partial charge on any atom is 0.226 e. The summed E-state index contributed by atoms with van der Waals surface area (Å²) in [6.07, 6.45) is 0. The van der Waals surface area contributed by atoms with E-state index in [1.54, 1.807) is 0 Å². The second kappa shape index (κ2) is 5.84. The van der Waals surface area contributed by atoms with Crippen molar-refractivity contribution in [1.82, 2.24) is 9.55 Å². The Kier molecular flexibility index (Phi) is 3.66. The van der Waals surface area contributed by atoms with Gasteiger partial charge in [-0.05, 0) is 49.6 Å². The molecule has 0 bridgehead atoms. The lowest BCUT2D eigenvalue weighted by molar-refractivity contribution is 0.538. The lowest BCUT2D eigenvalue weighted by Crippen LogP contribution is -2.03. The quantitative estimate of drug-likeness (QED) is 0.486. The number of nitrogens with zero attached hydrogens (tertiary/aromatic N) is 2. The molecule has 0 fully saturated rings. The fourth-order valence-electron chi connectivity index (χ4n) is 3.03. The summed E-state index contributed by atoms with van der Waals surface area (Å²) in [5.74, 6) is 1.45. The Bertz CT molecular complexity index is 1030. The van der Waals surface area contributed by atoms with Gasteiger partial charge in [-0.3, -0.25) is 0 Å². The van der Waals surface area contributed by atoms with Crippen LogP contribution < -0.4 is 0 Å². The van der Waals surface area contributed by atoms with Gasteiger partial charge in [0.05, 0.1) is 6.54 Å². The van der Waals surface area contributed by atoms with Crippen molar-refractivity contribution in [3.63, 3.8) is 0 Å². The van der Waals surface area contributed by atoms with Gasteiger partial charge in [0.1, 0.15) is 11.5 Å². The van der Waals surface area contributed by atoms with Crippen LogP contribution in [0.4, 0.5) is 0 Å². The molecule has 0 N–H and O–H groups in total. The summed E-state index contributed by atoms with van der Waals surface area (Å²) in [6.45, 7) is 4.76. The lowest BCUT2D eigenvalue weighted by Gasteiger charge is -2.06. The number of para-hydroxylation sites is 1. The van der Waals surface area contributed by atoms with Crippen molar-refractivity contribution in [1.29, 1.82) is 0 Å². The summed E-state index contributed by atoms with van der Waals surface area (Å²) < 4.78 is 8.14. The molecule has 4 heteroatoms. The Morgan fingerprint density at radius 2 is 1.88 bits per heavy atom. The molecular weight excluding hydrogens is 320 g/mol. The van der Waals surface area contributed by atoms with Crippen LogP contribution in [-0.2, 0) is 6.54 Å². The first-order chi connectivity index (χ1) is 11.6. The first-order valence-corrected chi connectivity index (χ1v) is 8.27. The molecule has 2 heterocycles. The zero-order valence-corrected chi connectivity index (χ0v) is 14.3. The second-order valence-electron chi connectivity index (χ2n) is 5.96. The van der Waals surface area contributed by atoms with Gasteiger partial charge in [-0.15, -0.1) is 0 Å². The van der Waals surface area contributed by atoms with Crippen LogP contribution in [-0.4, -0.2) is 9.55 Å². The highest BCUT2D eigenvalue weighted by molar-refractivity contribution is 6.30. The second-order valence-corrected chi connectivity index (χ2v) is 6.40. The summed E-state index contributed by atoms with van der Waals surface area (Å²) in [5, 5.41) is 1.92. The number of hydrogen-bond acceptors (Lipinski definition) is 2. The SMILES string of the molecule is Cc1oc(-c2cccc(Cl)c2)nc1Cn1c(C)cc2ccccc21. The molecule has 120 valence electrons. The van der Waals surface area contributed by atoms with Crippen molar-refractivity contribution < 1.29 is 4.42 Å². The zero-order chi connectivity index (χ0) is 16.7. The highest BCUT2D eigenvalue weighted by atomic mass is 35.5. The highest BCUT2D eigenvalue weighted by Gasteiger charge is 2.14. The summed E-state index contributed by atoms with van der Waals surface area (Å²) in [5.41, 5.74) is 4.25. The summed E-state index contributed by atoms with van der Waals surface area (Å²) in [7, 11) is 0. The van der Waals surface area contributed by atoms with Gasteiger partial charge in [0.15, 0.2) is 0 Å². The third kappa shape index (κ3) is 2.61. The van der Waals surface area contributed by atoms with Crippen LogP contribution in [0.2, 0.25) is 5.02 Å². The fourth-order valence-corrected chi connectivity index (χ4v) is 3.22. The van der Waals surface area contributed by atoms with Crippen molar-refractivity contribution >= 4 is 22.5 Å². The molecule has 24 heavy (non-hydrogen) atoms. The molecule has 2 aromatic carbocycles. The van der Waals surface area contributed by atoms with E-state index in [9.17, 15) is 0 Å². The van der Waals surface area contributed by atoms with E-state index in [1.807, 2.05) is 31.2 Å². The number of hydrogen-bond donors (Lipinski definition) is 0. The third-order valence-electron chi connectivity index (χ3n) is 4.29. The maximum absolute atomic E-state index is 6.07. The maximum atomic E-state index is 6.07. The van der Waals surface area contributed by atoms with Crippen LogP contribution in [0.1, 0.15) is 17.1 Å². The van der Waals surface area contributed by atoms with Crippen LogP contribution in [0, 0.1) is 13.8 Å². The van der Waals surface area contributed by atoms with Crippen LogP contribution >= 0.6 is 11.6 Å². The molecule has 4 aromatic rings. The van der Waals surface area contributed by atoms with E-state index >= 15 is 0 Å². The van der Waals surface area contributed by atoms with Crippen LogP contribution in [0.3, 0.4) is 0 Å². The van der Waals surface area contributed by atoms with Gasteiger partial charge in [0.2, 0.25) is 5.89 Å². The molecule has 0 radical (unpaired) electrons. The summed E-state index contributed by atoms with van der Waals surface area (Å²) in [4.78, 5) is 4.70. The highest BCUT2D eigenvalue weighted by Crippen LogP contribution is 2.26. The predicted octanol–water partition coefficient (Wildman–Crippen LogP) is 5.61. The monoisotopic (exact) mass is 336 g/mol. The Morgan fingerprint density at radius 1 is 1.04 bits per heavy atom. The molecule has 0 amide bonds. The number of rotatable bonds is 3. The lowest BCUT2D eigenvalue weighted by atomic mass is 10.2. The number of aromatic nitrogens is 2. The topological polar surface area (TPSA) is 31.0 Å². The molecule has 0 aliphatic heterocycles. The van der Waals surface area contributed by atoms with Crippen molar-refractivity contribution in [2.24, 2.45) is 0 Å². The van der Waals surface area contributed by atoms with E-state index in [2.05, 4.69) is 41.8 Å². The first-order valence-electron chi connectivity index (χ1n) is 7.89. The molecule has 0 aliphatic rings. The van der Waals surface area contributed by atoms with Gasteiger partial charge >= 0.3 is 0 Å². The van der Waals surface area contributed by atoms with Crippen molar-refractivity contribution in [3.05, 3.63) is 76.8 Å². The molecule has 4 rings (SSSR count). The van der Waals surface area contributed by atoms with E-state index < -0.39 is 0 Å². The molecule has 0 saturated carbocycles. The largest absolute Gasteiger partial charge is 0.441 e. The number of benzene rings is 2. The normalized spacial score (nSPS) is 11.3. The Hall–Kier alpha value is -2.52. The van der Waals surface area contributed by atoms with Crippen LogP contribution in [0.15, 0.2) is 59.0 Å². The Labute approximate surface area is 145 Å². The molecule has 2 aromatic heterocycles. The third-order valence-corrected chi connectivity index (χ3v) is 4.52. The predicted molar refractivity (Wildman–Crippen MR) is 97.5 cm³/mol. The Morgan fingerprint density at radius 3 is 2.71 bits per heavy atom. The minimum atomic E-state index is 0.610. The number of fused-ring (bicyclic) bond motifs is 1. The van der Waals surface area contributed by atoms with Gasteiger partial charge in [-0.2, -0.15) is 0 Å². The number of oxazole rings is 1. The van der Waals surface area contributed by atoms with Crippen molar-refractivity contribution in [3.8, 4) is 11.5 Å². The zero-order valence-electron chi connectivity index (χ0n) is 13.6. The van der Waals surface area contributed by atoms with E-state index in [1.165, 1.54) is 16.6 Å². The molecule has 0 unspecified atom stereocenters. The molecular formula is C20H17ClN2O. The average Bonchev–Trinajstić information content (AvgIpc) is 3.09. The van der Waals surface area contributed by atoms with E-state index in [0.29, 0.717) is 17.5 Å². The molecule has 0 spiro atoms. The standard InChI is InChI=1S/C20H17ClN2O/c1-13-10-15-6-3-4-9-19(15)23(13)12-18-14(2)24-20(22-18)16-7-5-8-17(21)11-16/h3-11H,12H2,1-2H3. The van der Waals surface area contributed by atoms with E-state index in [4.69, 9.17) is 21.0 Å². The summed E-state index contributed by atoms with van der Waals surface area (Å²) in [6, 6.07) is 18.2. The van der Waals surface area contributed by atoms with Crippen LogP contribution in [0.5, 0.6) is 0 Å². The fraction of sp³-hybridized carbons (Fsp3) is 0.150. The minimum absolute atomic E-state index is 0.610. The molecule has 0 saturated heterocycles. The smallest absolute Gasteiger partial charge is 0.226 e. The van der Waals surface area contributed by atoms with E-state index in [0.717, 1.165) is 17.0 Å². The Balaban J connectivity index is 1.74. The van der Waals surface area contributed by atoms with Gasteiger partial charge in [0.25, 0.3) is 0 Å². The van der Waals surface area contributed by atoms with Gasteiger partial charge in [0, 0.05) is 21.8 Å². The molecule has 3 nitrogen and oxygen atoms in total.